The molecule has 23 heavy (non-hydrogen) atoms. The third-order valence-corrected chi connectivity index (χ3v) is 3.66. The highest BCUT2D eigenvalue weighted by atomic mass is 19.1. The summed E-state index contributed by atoms with van der Waals surface area (Å²) < 4.78 is 26.6. The predicted molar refractivity (Wildman–Crippen MR) is 87.3 cm³/mol. The molecule has 0 spiro atoms. The van der Waals surface area contributed by atoms with Crippen LogP contribution in [0.25, 0.3) is 0 Å². The standard InChI is InChI=1S/C18H20F2N2O/c1-11-4-5-12(2)17(8-11)22-18(23)10-21-13(3)15-7-6-14(19)9-16(15)20/h4-9,13,21H,10H2,1-3H3,(H,22,23)/t13-/m1/s1. The molecule has 2 aromatic carbocycles. The quantitative estimate of drug-likeness (QED) is 0.878. The van der Waals surface area contributed by atoms with E-state index in [1.807, 2.05) is 32.0 Å². The van der Waals surface area contributed by atoms with Gasteiger partial charge in [-0.3, -0.25) is 4.79 Å². The third-order valence-electron chi connectivity index (χ3n) is 3.66. The zero-order chi connectivity index (χ0) is 17.0. The Morgan fingerprint density at radius 3 is 2.57 bits per heavy atom. The summed E-state index contributed by atoms with van der Waals surface area (Å²) in [5.41, 5.74) is 3.12. The van der Waals surface area contributed by atoms with Crippen LogP contribution in [0.5, 0.6) is 0 Å². The molecule has 2 aromatic rings. The van der Waals surface area contributed by atoms with Crippen molar-refractivity contribution >= 4 is 11.6 Å². The minimum atomic E-state index is -0.625. The van der Waals surface area contributed by atoms with Crippen LogP contribution in [0.2, 0.25) is 0 Å². The van der Waals surface area contributed by atoms with Crippen LogP contribution in [-0.4, -0.2) is 12.5 Å². The molecule has 0 aromatic heterocycles. The van der Waals surface area contributed by atoms with E-state index < -0.39 is 17.7 Å². The molecule has 0 bridgehead atoms. The Balaban J connectivity index is 1.94. The average Bonchev–Trinajstić information content (AvgIpc) is 2.48. The Hall–Kier alpha value is -2.27. The van der Waals surface area contributed by atoms with Crippen LogP contribution in [0.3, 0.4) is 0 Å². The number of aryl methyl sites for hydroxylation is 2. The minimum Gasteiger partial charge on any atom is -0.325 e. The SMILES string of the molecule is Cc1ccc(C)c(NC(=O)CN[C@H](C)c2ccc(F)cc2F)c1. The van der Waals surface area contributed by atoms with Crippen molar-refractivity contribution in [2.45, 2.75) is 26.8 Å². The van der Waals surface area contributed by atoms with Crippen molar-refractivity contribution in [1.29, 1.82) is 0 Å². The third kappa shape index (κ3) is 4.60. The van der Waals surface area contributed by atoms with Crippen LogP contribution in [0.15, 0.2) is 36.4 Å². The number of nitrogens with one attached hydrogen (secondary N) is 2. The first kappa shape index (κ1) is 17.1. The smallest absolute Gasteiger partial charge is 0.238 e. The Kier molecular flexibility index (Phi) is 5.45. The van der Waals surface area contributed by atoms with Crippen LogP contribution in [0.4, 0.5) is 14.5 Å². The van der Waals surface area contributed by atoms with Gasteiger partial charge >= 0.3 is 0 Å². The Bertz CT molecular complexity index is 716. The molecule has 2 rings (SSSR count). The molecular weight excluding hydrogens is 298 g/mol. The van der Waals surface area contributed by atoms with Crippen LogP contribution in [-0.2, 0) is 4.79 Å². The number of anilines is 1. The zero-order valence-electron chi connectivity index (χ0n) is 13.4. The summed E-state index contributed by atoms with van der Waals surface area (Å²) in [7, 11) is 0. The normalized spacial score (nSPS) is 12.0. The van der Waals surface area contributed by atoms with Gasteiger partial charge in [0.05, 0.1) is 6.54 Å². The van der Waals surface area contributed by atoms with Crippen molar-refractivity contribution in [3.05, 3.63) is 64.7 Å². The van der Waals surface area contributed by atoms with Gasteiger partial charge in [0.2, 0.25) is 5.91 Å². The van der Waals surface area contributed by atoms with Crippen molar-refractivity contribution in [3.63, 3.8) is 0 Å². The van der Waals surface area contributed by atoms with Gasteiger partial charge < -0.3 is 10.6 Å². The lowest BCUT2D eigenvalue weighted by Gasteiger charge is -2.15. The summed E-state index contributed by atoms with van der Waals surface area (Å²) in [6, 6.07) is 8.83. The van der Waals surface area contributed by atoms with Gasteiger partial charge in [-0.1, -0.05) is 18.2 Å². The first-order chi connectivity index (χ1) is 10.9. The van der Waals surface area contributed by atoms with Gasteiger partial charge in [0.1, 0.15) is 11.6 Å². The molecule has 1 amide bonds. The summed E-state index contributed by atoms with van der Waals surface area (Å²) in [6.45, 7) is 5.62. The van der Waals surface area contributed by atoms with E-state index in [-0.39, 0.29) is 12.5 Å². The molecule has 0 saturated carbocycles. The van der Waals surface area contributed by atoms with Crippen molar-refractivity contribution < 1.29 is 13.6 Å². The van der Waals surface area contributed by atoms with E-state index in [9.17, 15) is 13.6 Å². The average molecular weight is 318 g/mol. The maximum atomic E-state index is 13.7. The van der Waals surface area contributed by atoms with Gasteiger partial charge in [0, 0.05) is 23.4 Å². The Labute approximate surface area is 134 Å². The minimum absolute atomic E-state index is 0.0331. The molecular formula is C18H20F2N2O. The van der Waals surface area contributed by atoms with Crippen molar-refractivity contribution in [2.75, 3.05) is 11.9 Å². The summed E-state index contributed by atoms with van der Waals surface area (Å²) in [5, 5.41) is 5.77. The number of hydrogen-bond acceptors (Lipinski definition) is 2. The highest BCUT2D eigenvalue weighted by Crippen LogP contribution is 2.18. The molecule has 1 atom stereocenters. The van der Waals surface area contributed by atoms with Gasteiger partial charge in [0.25, 0.3) is 0 Å². The Morgan fingerprint density at radius 2 is 1.87 bits per heavy atom. The van der Waals surface area contributed by atoms with Gasteiger partial charge in [-0.15, -0.1) is 0 Å². The number of amides is 1. The molecule has 0 radical (unpaired) electrons. The number of rotatable bonds is 5. The zero-order valence-corrected chi connectivity index (χ0v) is 13.4. The van der Waals surface area contributed by atoms with Crippen LogP contribution in [0.1, 0.15) is 29.7 Å². The second-order valence-electron chi connectivity index (χ2n) is 5.63. The highest BCUT2D eigenvalue weighted by Gasteiger charge is 2.13. The van der Waals surface area contributed by atoms with E-state index in [1.165, 1.54) is 12.1 Å². The maximum absolute atomic E-state index is 13.7. The van der Waals surface area contributed by atoms with Gasteiger partial charge in [-0.25, -0.2) is 8.78 Å². The van der Waals surface area contributed by atoms with Crippen molar-refractivity contribution in [2.24, 2.45) is 0 Å². The monoisotopic (exact) mass is 318 g/mol. The first-order valence-corrected chi connectivity index (χ1v) is 7.42. The van der Waals surface area contributed by atoms with Gasteiger partial charge in [0.15, 0.2) is 0 Å². The summed E-state index contributed by atoms with van der Waals surface area (Å²) in [4.78, 5) is 12.0. The molecule has 122 valence electrons. The lowest BCUT2D eigenvalue weighted by molar-refractivity contribution is -0.115. The number of benzene rings is 2. The topological polar surface area (TPSA) is 41.1 Å². The molecule has 0 aliphatic heterocycles. The maximum Gasteiger partial charge on any atom is 0.238 e. The van der Waals surface area contributed by atoms with E-state index in [1.54, 1.807) is 6.92 Å². The van der Waals surface area contributed by atoms with Crippen molar-refractivity contribution in [1.82, 2.24) is 5.32 Å². The van der Waals surface area contributed by atoms with Crippen LogP contribution < -0.4 is 10.6 Å². The fraction of sp³-hybridized carbons (Fsp3) is 0.278. The van der Waals surface area contributed by atoms with E-state index >= 15 is 0 Å². The van der Waals surface area contributed by atoms with Gasteiger partial charge in [-0.2, -0.15) is 0 Å². The molecule has 0 heterocycles. The molecule has 0 aliphatic carbocycles. The van der Waals surface area contributed by atoms with Gasteiger partial charge in [-0.05, 0) is 44.0 Å². The molecule has 2 N–H and O–H groups in total. The predicted octanol–water partition coefficient (Wildman–Crippen LogP) is 3.87. The fourth-order valence-electron chi connectivity index (χ4n) is 2.27. The van der Waals surface area contributed by atoms with Crippen LogP contribution >= 0.6 is 0 Å². The summed E-state index contributed by atoms with van der Waals surface area (Å²) >= 11 is 0. The summed E-state index contributed by atoms with van der Waals surface area (Å²) in [5.74, 6) is -1.46. The molecule has 0 fully saturated rings. The second kappa shape index (κ2) is 7.33. The van der Waals surface area contributed by atoms with E-state index in [4.69, 9.17) is 0 Å². The summed E-state index contributed by atoms with van der Waals surface area (Å²) in [6.07, 6.45) is 0. The van der Waals surface area contributed by atoms with Crippen molar-refractivity contribution in [3.8, 4) is 0 Å². The number of halogens is 2. The molecule has 5 heteroatoms. The fourth-order valence-corrected chi connectivity index (χ4v) is 2.27. The van der Waals surface area contributed by atoms with E-state index in [2.05, 4.69) is 10.6 Å². The number of hydrogen-bond donors (Lipinski definition) is 2. The second-order valence-corrected chi connectivity index (χ2v) is 5.63. The van der Waals surface area contributed by atoms with E-state index in [0.29, 0.717) is 5.56 Å². The molecule has 0 saturated heterocycles. The molecule has 0 aliphatic rings. The first-order valence-electron chi connectivity index (χ1n) is 7.42. The number of carbonyl (C=O) groups is 1. The lowest BCUT2D eigenvalue weighted by Crippen LogP contribution is -2.30. The Morgan fingerprint density at radius 1 is 1.13 bits per heavy atom. The highest BCUT2D eigenvalue weighted by molar-refractivity contribution is 5.93. The largest absolute Gasteiger partial charge is 0.325 e. The molecule has 0 unspecified atom stereocenters. The molecule has 3 nitrogen and oxygen atoms in total. The number of carbonyl (C=O) groups excluding carboxylic acids is 1. The lowest BCUT2D eigenvalue weighted by atomic mass is 10.1. The van der Waals surface area contributed by atoms with E-state index in [0.717, 1.165) is 22.9 Å². The van der Waals surface area contributed by atoms with Crippen LogP contribution in [0, 0.1) is 25.5 Å².